The molecule has 1 saturated heterocycles. The van der Waals surface area contributed by atoms with E-state index in [-0.39, 0.29) is 17.9 Å². The molecule has 1 rings (SSSR count). The van der Waals surface area contributed by atoms with E-state index in [1.165, 1.54) is 6.92 Å². The van der Waals surface area contributed by atoms with Crippen LogP contribution in [0.5, 0.6) is 0 Å². The maximum absolute atomic E-state index is 11.6. The minimum atomic E-state index is -1.26. The van der Waals surface area contributed by atoms with Gasteiger partial charge in [-0.1, -0.05) is 0 Å². The number of rotatable bonds is 4. The zero-order chi connectivity index (χ0) is 12.3. The Bertz CT molecular complexity index is 278. The fraction of sp³-hybridized carbons (Fsp3) is 0.800. The molecule has 4 atom stereocenters. The second kappa shape index (κ2) is 5.27. The van der Waals surface area contributed by atoms with Crippen LogP contribution in [-0.4, -0.2) is 46.9 Å². The van der Waals surface area contributed by atoms with Crippen LogP contribution in [0.15, 0.2) is 0 Å². The van der Waals surface area contributed by atoms with E-state index in [2.05, 4.69) is 5.32 Å². The van der Waals surface area contributed by atoms with Crippen LogP contribution >= 0.6 is 0 Å². The van der Waals surface area contributed by atoms with Gasteiger partial charge in [-0.25, -0.2) is 4.79 Å². The smallest absolute Gasteiger partial charge is 0.328 e. The van der Waals surface area contributed by atoms with Crippen LogP contribution in [0.1, 0.15) is 20.3 Å². The van der Waals surface area contributed by atoms with Crippen LogP contribution in [0.25, 0.3) is 0 Å². The molecule has 1 fully saturated rings. The van der Waals surface area contributed by atoms with Crippen molar-refractivity contribution in [2.45, 2.75) is 38.5 Å². The lowest BCUT2D eigenvalue weighted by atomic mass is 10.0. The number of aliphatic hydroxyl groups is 1. The topological polar surface area (TPSA) is 95.9 Å². The molecule has 1 aliphatic heterocycles. The van der Waals surface area contributed by atoms with Gasteiger partial charge in [0.05, 0.1) is 24.7 Å². The Labute approximate surface area is 93.6 Å². The molecular formula is C10H17NO5. The summed E-state index contributed by atoms with van der Waals surface area (Å²) in [4.78, 5) is 22.4. The SMILES string of the molecule is CC1CC(C(=O)N[C@H](C(=O)O)[C@@H](C)O)CO1. The number of carboxylic acid groups (broad SMARTS) is 1. The van der Waals surface area contributed by atoms with Crippen molar-refractivity contribution in [3.8, 4) is 0 Å². The van der Waals surface area contributed by atoms with Crippen molar-refractivity contribution >= 4 is 11.9 Å². The Morgan fingerprint density at radius 2 is 2.12 bits per heavy atom. The molecule has 0 saturated carbocycles. The van der Waals surface area contributed by atoms with E-state index >= 15 is 0 Å². The zero-order valence-corrected chi connectivity index (χ0v) is 9.34. The number of hydrogen-bond donors (Lipinski definition) is 3. The van der Waals surface area contributed by atoms with E-state index in [0.717, 1.165) is 0 Å². The lowest BCUT2D eigenvalue weighted by Crippen LogP contribution is -2.49. The first kappa shape index (κ1) is 12.9. The van der Waals surface area contributed by atoms with E-state index in [1.807, 2.05) is 6.92 Å². The quantitative estimate of drug-likeness (QED) is 0.598. The molecule has 1 aliphatic rings. The van der Waals surface area contributed by atoms with Crippen molar-refractivity contribution in [3.63, 3.8) is 0 Å². The van der Waals surface area contributed by atoms with Gasteiger partial charge in [-0.05, 0) is 20.3 Å². The summed E-state index contributed by atoms with van der Waals surface area (Å²) in [6.07, 6.45) is -0.524. The predicted octanol–water partition coefficient (Wildman–Crippen LogP) is -0.638. The minimum Gasteiger partial charge on any atom is -0.480 e. The maximum atomic E-state index is 11.6. The van der Waals surface area contributed by atoms with Gasteiger partial charge in [0.15, 0.2) is 6.04 Å². The number of nitrogens with one attached hydrogen (secondary N) is 1. The molecular weight excluding hydrogens is 214 g/mol. The number of carbonyl (C=O) groups excluding carboxylic acids is 1. The molecule has 0 aromatic carbocycles. The largest absolute Gasteiger partial charge is 0.480 e. The number of hydrogen-bond acceptors (Lipinski definition) is 4. The Morgan fingerprint density at radius 3 is 2.50 bits per heavy atom. The lowest BCUT2D eigenvalue weighted by molar-refractivity contribution is -0.145. The molecule has 0 spiro atoms. The summed E-state index contributed by atoms with van der Waals surface area (Å²) in [7, 11) is 0. The highest BCUT2D eigenvalue weighted by Gasteiger charge is 2.32. The number of ether oxygens (including phenoxy) is 1. The van der Waals surface area contributed by atoms with Crippen molar-refractivity contribution in [1.82, 2.24) is 5.32 Å². The molecule has 6 nitrogen and oxygen atoms in total. The average Bonchev–Trinajstić information content (AvgIpc) is 2.59. The Kier molecular flexibility index (Phi) is 4.26. The van der Waals surface area contributed by atoms with E-state index in [0.29, 0.717) is 13.0 Å². The molecule has 0 bridgehead atoms. The molecule has 0 aromatic heterocycles. The van der Waals surface area contributed by atoms with E-state index in [9.17, 15) is 14.7 Å². The van der Waals surface area contributed by atoms with Crippen LogP contribution in [-0.2, 0) is 14.3 Å². The third kappa shape index (κ3) is 3.18. The highest BCUT2D eigenvalue weighted by atomic mass is 16.5. The summed E-state index contributed by atoms with van der Waals surface area (Å²) in [5, 5.41) is 20.3. The summed E-state index contributed by atoms with van der Waals surface area (Å²) >= 11 is 0. The Balaban J connectivity index is 2.52. The van der Waals surface area contributed by atoms with Gasteiger partial charge >= 0.3 is 5.97 Å². The minimum absolute atomic E-state index is 0.0191. The summed E-state index contributed by atoms with van der Waals surface area (Å²) in [5.41, 5.74) is 0. The van der Waals surface area contributed by atoms with Crippen molar-refractivity contribution in [3.05, 3.63) is 0 Å². The molecule has 92 valence electrons. The van der Waals surface area contributed by atoms with Crippen LogP contribution in [0.3, 0.4) is 0 Å². The van der Waals surface area contributed by atoms with Crippen molar-refractivity contribution in [2.24, 2.45) is 5.92 Å². The maximum Gasteiger partial charge on any atom is 0.328 e. The number of aliphatic hydroxyl groups excluding tert-OH is 1. The third-order valence-corrected chi connectivity index (χ3v) is 2.62. The van der Waals surface area contributed by atoms with E-state index < -0.39 is 18.1 Å². The molecule has 1 heterocycles. The lowest BCUT2D eigenvalue weighted by Gasteiger charge is -2.18. The van der Waals surface area contributed by atoms with Gasteiger partial charge < -0.3 is 20.3 Å². The first-order chi connectivity index (χ1) is 7.41. The van der Waals surface area contributed by atoms with Crippen LogP contribution in [0.4, 0.5) is 0 Å². The molecule has 2 unspecified atom stereocenters. The fourth-order valence-electron chi connectivity index (χ4n) is 1.66. The number of aliphatic carboxylic acids is 1. The first-order valence-electron chi connectivity index (χ1n) is 5.24. The van der Waals surface area contributed by atoms with Gasteiger partial charge in [-0.2, -0.15) is 0 Å². The van der Waals surface area contributed by atoms with Crippen molar-refractivity contribution in [2.75, 3.05) is 6.61 Å². The second-order valence-corrected chi connectivity index (χ2v) is 4.14. The molecule has 0 aromatic rings. The highest BCUT2D eigenvalue weighted by molar-refractivity contribution is 5.85. The number of amides is 1. The van der Waals surface area contributed by atoms with Crippen LogP contribution < -0.4 is 5.32 Å². The van der Waals surface area contributed by atoms with Crippen LogP contribution in [0, 0.1) is 5.92 Å². The standard InChI is InChI=1S/C10H17NO5/c1-5-3-7(4-16-5)9(13)11-8(6(2)12)10(14)15/h5-8,12H,3-4H2,1-2H3,(H,11,13)(H,14,15)/t5?,6-,7?,8+/m1/s1. The summed E-state index contributed by atoms with van der Waals surface area (Å²) < 4.78 is 5.22. The monoisotopic (exact) mass is 231 g/mol. The van der Waals surface area contributed by atoms with Gasteiger partial charge in [0, 0.05) is 0 Å². The van der Waals surface area contributed by atoms with E-state index in [4.69, 9.17) is 9.84 Å². The average molecular weight is 231 g/mol. The Morgan fingerprint density at radius 1 is 1.50 bits per heavy atom. The molecule has 16 heavy (non-hydrogen) atoms. The number of carbonyl (C=O) groups is 2. The Hall–Kier alpha value is -1.14. The molecule has 0 aliphatic carbocycles. The van der Waals surface area contributed by atoms with Gasteiger partial charge in [-0.3, -0.25) is 4.79 Å². The number of carboxylic acids is 1. The van der Waals surface area contributed by atoms with Gasteiger partial charge in [-0.15, -0.1) is 0 Å². The van der Waals surface area contributed by atoms with Crippen molar-refractivity contribution < 1.29 is 24.5 Å². The van der Waals surface area contributed by atoms with Gasteiger partial charge in [0.2, 0.25) is 5.91 Å². The predicted molar refractivity (Wildman–Crippen MR) is 54.8 cm³/mol. The van der Waals surface area contributed by atoms with Crippen LogP contribution in [0.2, 0.25) is 0 Å². The molecule has 1 amide bonds. The second-order valence-electron chi connectivity index (χ2n) is 4.14. The molecule has 6 heteroatoms. The van der Waals surface area contributed by atoms with Gasteiger partial charge in [0.1, 0.15) is 0 Å². The van der Waals surface area contributed by atoms with Gasteiger partial charge in [0.25, 0.3) is 0 Å². The summed E-state index contributed by atoms with van der Waals surface area (Å²) in [6, 6.07) is -1.26. The first-order valence-corrected chi connectivity index (χ1v) is 5.24. The van der Waals surface area contributed by atoms with E-state index in [1.54, 1.807) is 0 Å². The highest BCUT2D eigenvalue weighted by Crippen LogP contribution is 2.19. The summed E-state index contributed by atoms with van der Waals surface area (Å²) in [5.74, 6) is -1.94. The molecule has 0 radical (unpaired) electrons. The molecule has 3 N–H and O–H groups in total. The normalized spacial score (nSPS) is 28.4. The summed E-state index contributed by atoms with van der Waals surface area (Å²) in [6.45, 7) is 3.49. The fourth-order valence-corrected chi connectivity index (χ4v) is 1.66. The third-order valence-electron chi connectivity index (χ3n) is 2.62. The van der Waals surface area contributed by atoms with Crippen molar-refractivity contribution in [1.29, 1.82) is 0 Å². The zero-order valence-electron chi connectivity index (χ0n) is 9.34.